The van der Waals surface area contributed by atoms with E-state index in [4.69, 9.17) is 0 Å². The number of hydrogen-bond acceptors (Lipinski definition) is 3. The number of nitrogens with one attached hydrogen (secondary N) is 1. The van der Waals surface area contributed by atoms with Gasteiger partial charge in [0.25, 0.3) is 0 Å². The Labute approximate surface area is 172 Å². The summed E-state index contributed by atoms with van der Waals surface area (Å²) in [4.78, 5) is 17.6. The van der Waals surface area contributed by atoms with Gasteiger partial charge in [-0.3, -0.25) is 4.79 Å². The van der Waals surface area contributed by atoms with Gasteiger partial charge in [-0.1, -0.05) is 44.2 Å². The van der Waals surface area contributed by atoms with Crippen molar-refractivity contribution < 1.29 is 9.18 Å². The predicted octanol–water partition coefficient (Wildman–Crippen LogP) is 3.86. The summed E-state index contributed by atoms with van der Waals surface area (Å²) in [6.45, 7) is 7.21. The molecule has 0 radical (unpaired) electrons. The van der Waals surface area contributed by atoms with Crippen LogP contribution in [0.3, 0.4) is 0 Å². The van der Waals surface area contributed by atoms with E-state index < -0.39 is 0 Å². The predicted molar refractivity (Wildman–Crippen MR) is 116 cm³/mol. The summed E-state index contributed by atoms with van der Waals surface area (Å²) in [6, 6.07) is 15.3. The van der Waals surface area contributed by atoms with Crippen molar-refractivity contribution in [1.29, 1.82) is 0 Å². The van der Waals surface area contributed by atoms with Gasteiger partial charge in [-0.2, -0.15) is 0 Å². The Morgan fingerprint density at radius 3 is 2.59 bits per heavy atom. The van der Waals surface area contributed by atoms with E-state index in [1.807, 2.05) is 18.2 Å². The van der Waals surface area contributed by atoms with Gasteiger partial charge >= 0.3 is 0 Å². The van der Waals surface area contributed by atoms with E-state index in [1.54, 1.807) is 6.07 Å². The van der Waals surface area contributed by atoms with Gasteiger partial charge in [0.1, 0.15) is 5.82 Å². The molecular formula is C24H30FN3O. The van der Waals surface area contributed by atoms with Gasteiger partial charge in [-0.05, 0) is 42.5 Å². The van der Waals surface area contributed by atoms with Crippen LogP contribution in [0.4, 0.5) is 15.8 Å². The third kappa shape index (κ3) is 4.09. The van der Waals surface area contributed by atoms with E-state index >= 15 is 0 Å². The van der Waals surface area contributed by atoms with Crippen molar-refractivity contribution >= 4 is 17.3 Å². The summed E-state index contributed by atoms with van der Waals surface area (Å²) < 4.78 is 14.4. The van der Waals surface area contributed by atoms with Gasteiger partial charge in [0.05, 0.1) is 17.6 Å². The topological polar surface area (TPSA) is 35.6 Å². The van der Waals surface area contributed by atoms with Crippen LogP contribution in [0.5, 0.6) is 0 Å². The summed E-state index contributed by atoms with van der Waals surface area (Å²) in [5, 5.41) is 3.16. The fourth-order valence-corrected chi connectivity index (χ4v) is 4.60. The molecule has 0 aromatic heterocycles. The molecule has 2 heterocycles. The van der Waals surface area contributed by atoms with E-state index in [1.165, 1.54) is 17.3 Å². The van der Waals surface area contributed by atoms with Gasteiger partial charge in [-0.15, -0.1) is 0 Å². The lowest BCUT2D eigenvalue weighted by molar-refractivity contribution is -0.125. The van der Waals surface area contributed by atoms with Crippen molar-refractivity contribution in [2.24, 2.45) is 11.8 Å². The number of para-hydroxylation sites is 2. The highest BCUT2D eigenvalue weighted by molar-refractivity contribution is 5.82. The van der Waals surface area contributed by atoms with Gasteiger partial charge in [-0.25, -0.2) is 4.39 Å². The van der Waals surface area contributed by atoms with Crippen molar-refractivity contribution in [1.82, 2.24) is 5.32 Å². The molecule has 2 unspecified atom stereocenters. The first-order valence-electron chi connectivity index (χ1n) is 10.7. The van der Waals surface area contributed by atoms with Crippen LogP contribution < -0.4 is 15.1 Å². The molecule has 1 saturated heterocycles. The average Bonchev–Trinajstić information content (AvgIpc) is 2.72. The molecule has 2 atom stereocenters. The van der Waals surface area contributed by atoms with Gasteiger partial charge < -0.3 is 15.1 Å². The van der Waals surface area contributed by atoms with Crippen LogP contribution in [-0.2, 0) is 11.2 Å². The van der Waals surface area contributed by atoms with E-state index in [-0.39, 0.29) is 23.7 Å². The van der Waals surface area contributed by atoms with E-state index in [0.29, 0.717) is 24.7 Å². The minimum absolute atomic E-state index is 0.0392. The third-order valence-corrected chi connectivity index (χ3v) is 6.17. The van der Waals surface area contributed by atoms with Crippen molar-refractivity contribution in [3.05, 3.63) is 59.9 Å². The van der Waals surface area contributed by atoms with Crippen molar-refractivity contribution in [3.8, 4) is 0 Å². The molecule has 5 heteroatoms. The second kappa shape index (κ2) is 8.44. The Bertz CT molecular complexity index is 869. The number of amides is 1. The molecule has 2 aromatic carbocycles. The van der Waals surface area contributed by atoms with E-state index in [9.17, 15) is 9.18 Å². The Morgan fingerprint density at radius 1 is 1.10 bits per heavy atom. The highest BCUT2D eigenvalue weighted by Crippen LogP contribution is 2.37. The van der Waals surface area contributed by atoms with Gasteiger partial charge in [0, 0.05) is 31.9 Å². The number of nitrogens with zero attached hydrogens (tertiary/aromatic N) is 2. The molecule has 0 aliphatic carbocycles. The van der Waals surface area contributed by atoms with Crippen LogP contribution in [0.25, 0.3) is 0 Å². The standard InChI is InChI=1S/C24H30FN3O/c1-17(2)11-12-26-24(29)19-15-18-7-3-5-9-21(18)28-14-13-27(16-23(19)28)22-10-6-4-8-20(22)25/h3-10,17,19,23H,11-16H2,1-2H3,(H,26,29). The molecule has 2 aliphatic heterocycles. The highest BCUT2D eigenvalue weighted by Gasteiger charge is 2.41. The van der Waals surface area contributed by atoms with E-state index in [0.717, 1.165) is 25.9 Å². The van der Waals surface area contributed by atoms with Crippen LogP contribution in [0.1, 0.15) is 25.8 Å². The summed E-state index contributed by atoms with van der Waals surface area (Å²) in [7, 11) is 0. The van der Waals surface area contributed by atoms with Crippen molar-refractivity contribution in [2.75, 3.05) is 36.0 Å². The molecule has 1 N–H and O–H groups in total. The molecule has 0 spiro atoms. The van der Waals surface area contributed by atoms with E-state index in [2.05, 4.69) is 47.2 Å². The normalized spacial score (nSPS) is 21.0. The minimum Gasteiger partial charge on any atom is -0.365 e. The molecule has 2 aromatic rings. The maximum absolute atomic E-state index is 14.4. The lowest BCUT2D eigenvalue weighted by Crippen LogP contribution is -2.61. The molecule has 29 heavy (non-hydrogen) atoms. The maximum Gasteiger partial charge on any atom is 0.225 e. The first-order valence-corrected chi connectivity index (χ1v) is 10.7. The van der Waals surface area contributed by atoms with Gasteiger partial charge in [0.15, 0.2) is 0 Å². The molecule has 154 valence electrons. The molecule has 2 aliphatic rings. The molecule has 0 bridgehead atoms. The Hall–Kier alpha value is -2.56. The Morgan fingerprint density at radius 2 is 1.83 bits per heavy atom. The molecule has 4 nitrogen and oxygen atoms in total. The number of halogens is 1. The van der Waals surface area contributed by atoms with Crippen LogP contribution >= 0.6 is 0 Å². The zero-order valence-electron chi connectivity index (χ0n) is 17.3. The number of hydrogen-bond donors (Lipinski definition) is 1. The average molecular weight is 396 g/mol. The largest absolute Gasteiger partial charge is 0.365 e. The molecule has 1 fully saturated rings. The smallest absolute Gasteiger partial charge is 0.225 e. The second-order valence-corrected chi connectivity index (χ2v) is 8.57. The Kier molecular flexibility index (Phi) is 5.74. The number of rotatable bonds is 5. The van der Waals surface area contributed by atoms with Crippen molar-refractivity contribution in [2.45, 2.75) is 32.7 Å². The van der Waals surface area contributed by atoms with Gasteiger partial charge in [0.2, 0.25) is 5.91 Å². The van der Waals surface area contributed by atoms with Crippen LogP contribution in [0.2, 0.25) is 0 Å². The number of piperazine rings is 1. The van der Waals surface area contributed by atoms with Crippen molar-refractivity contribution in [3.63, 3.8) is 0 Å². The fourth-order valence-electron chi connectivity index (χ4n) is 4.60. The molecule has 1 amide bonds. The zero-order chi connectivity index (χ0) is 20.4. The number of carbonyl (C=O) groups excluding carboxylic acids is 1. The van der Waals surface area contributed by atoms with Crippen LogP contribution in [-0.4, -0.2) is 38.1 Å². The number of carbonyl (C=O) groups is 1. The van der Waals surface area contributed by atoms with Crippen LogP contribution in [0.15, 0.2) is 48.5 Å². The number of fused-ring (bicyclic) bond motifs is 3. The lowest BCUT2D eigenvalue weighted by Gasteiger charge is -2.49. The number of benzene rings is 2. The summed E-state index contributed by atoms with van der Waals surface area (Å²) in [5.41, 5.74) is 3.08. The molecule has 0 saturated carbocycles. The second-order valence-electron chi connectivity index (χ2n) is 8.57. The summed E-state index contributed by atoms with van der Waals surface area (Å²) in [5.74, 6) is 0.345. The third-order valence-electron chi connectivity index (χ3n) is 6.17. The maximum atomic E-state index is 14.4. The number of anilines is 2. The molecular weight excluding hydrogens is 365 g/mol. The first-order chi connectivity index (χ1) is 14.0. The zero-order valence-corrected chi connectivity index (χ0v) is 17.3. The quantitative estimate of drug-likeness (QED) is 0.835. The summed E-state index contributed by atoms with van der Waals surface area (Å²) >= 11 is 0. The Balaban J connectivity index is 1.59. The SMILES string of the molecule is CC(C)CCNC(=O)C1Cc2ccccc2N2CCN(c3ccccc3F)CC12. The first kappa shape index (κ1) is 19.7. The summed E-state index contributed by atoms with van der Waals surface area (Å²) in [6.07, 6.45) is 1.71. The van der Waals surface area contributed by atoms with Crippen LogP contribution in [0, 0.1) is 17.7 Å². The fraction of sp³-hybridized carbons (Fsp3) is 0.458. The lowest BCUT2D eigenvalue weighted by atomic mass is 9.83. The molecule has 4 rings (SSSR count). The minimum atomic E-state index is -0.199. The highest BCUT2D eigenvalue weighted by atomic mass is 19.1. The monoisotopic (exact) mass is 395 g/mol.